The van der Waals surface area contributed by atoms with Crippen molar-refractivity contribution >= 4 is 17.2 Å². The molecule has 2 aliphatic rings. The number of nitriles is 1. The Morgan fingerprint density at radius 2 is 2.07 bits per heavy atom. The third-order valence-corrected chi connectivity index (χ3v) is 7.38. The zero-order valence-corrected chi connectivity index (χ0v) is 17.8. The Bertz CT molecular complexity index is 895. The first-order valence-electron chi connectivity index (χ1n) is 10.6. The van der Waals surface area contributed by atoms with Crippen LogP contribution in [0.3, 0.4) is 0 Å². The van der Waals surface area contributed by atoms with Gasteiger partial charge in [-0.25, -0.2) is 4.98 Å². The van der Waals surface area contributed by atoms with Crippen LogP contribution < -0.4 is 5.32 Å². The first-order chi connectivity index (χ1) is 14.1. The summed E-state index contributed by atoms with van der Waals surface area (Å²) < 4.78 is 0. The molecule has 1 aromatic carbocycles. The number of nitrogens with zero attached hydrogens (tertiary/aromatic N) is 3. The number of rotatable bonds is 6. The predicted octanol–water partition coefficient (Wildman–Crippen LogP) is 4.08. The van der Waals surface area contributed by atoms with Crippen LogP contribution in [0.1, 0.15) is 49.1 Å². The molecule has 2 heterocycles. The molecule has 5 nitrogen and oxygen atoms in total. The lowest BCUT2D eigenvalue weighted by atomic mass is 9.91. The number of amides is 1. The number of carbonyl (C=O) groups is 1. The van der Waals surface area contributed by atoms with Crippen LogP contribution >= 0.6 is 11.3 Å². The van der Waals surface area contributed by atoms with E-state index in [9.17, 15) is 10.1 Å². The molecule has 1 amide bonds. The van der Waals surface area contributed by atoms with Crippen molar-refractivity contribution in [3.63, 3.8) is 0 Å². The van der Waals surface area contributed by atoms with Gasteiger partial charge < -0.3 is 10.2 Å². The number of likely N-dealkylation sites (tertiary alicyclic amines) is 1. The van der Waals surface area contributed by atoms with Crippen LogP contribution in [-0.2, 0) is 11.2 Å². The lowest BCUT2D eigenvalue weighted by Crippen LogP contribution is -2.50. The fourth-order valence-corrected chi connectivity index (χ4v) is 5.58. The minimum Gasteiger partial charge on any atom is -0.326 e. The highest BCUT2D eigenvalue weighted by molar-refractivity contribution is 7.15. The largest absolute Gasteiger partial charge is 0.326 e. The summed E-state index contributed by atoms with van der Waals surface area (Å²) in [6.07, 6.45) is 7.08. The van der Waals surface area contributed by atoms with Crippen LogP contribution in [0.4, 0.5) is 0 Å². The third-order valence-electron chi connectivity index (χ3n) is 6.32. The van der Waals surface area contributed by atoms with Gasteiger partial charge >= 0.3 is 0 Å². The molecule has 2 fully saturated rings. The summed E-state index contributed by atoms with van der Waals surface area (Å²) >= 11 is 1.75. The second kappa shape index (κ2) is 8.64. The van der Waals surface area contributed by atoms with Crippen molar-refractivity contribution < 1.29 is 4.79 Å². The van der Waals surface area contributed by atoms with Gasteiger partial charge in [-0.15, -0.1) is 11.3 Å². The summed E-state index contributed by atoms with van der Waals surface area (Å²) in [6, 6.07) is 12.3. The van der Waals surface area contributed by atoms with E-state index in [1.165, 1.54) is 17.7 Å². The lowest BCUT2D eigenvalue weighted by Gasteiger charge is -2.31. The number of thiazole rings is 1. The van der Waals surface area contributed by atoms with Crippen molar-refractivity contribution in [2.24, 2.45) is 0 Å². The third kappa shape index (κ3) is 4.36. The van der Waals surface area contributed by atoms with E-state index in [0.29, 0.717) is 13.1 Å². The van der Waals surface area contributed by atoms with Gasteiger partial charge in [0.15, 0.2) is 0 Å². The number of hydrogen-bond acceptors (Lipinski definition) is 5. The predicted molar refractivity (Wildman–Crippen MR) is 116 cm³/mol. The minimum atomic E-state index is -0.252. The molecule has 1 N–H and O–H groups in total. The summed E-state index contributed by atoms with van der Waals surface area (Å²) in [7, 11) is 0. The van der Waals surface area contributed by atoms with Crippen LogP contribution in [0.5, 0.6) is 0 Å². The van der Waals surface area contributed by atoms with Crippen LogP contribution in [-0.4, -0.2) is 40.5 Å². The van der Waals surface area contributed by atoms with Gasteiger partial charge in [-0.3, -0.25) is 4.79 Å². The molecule has 1 aliphatic heterocycles. The molecular weight excluding hydrogens is 380 g/mol. The Morgan fingerprint density at radius 3 is 2.79 bits per heavy atom. The van der Waals surface area contributed by atoms with Gasteiger partial charge in [0, 0.05) is 28.9 Å². The van der Waals surface area contributed by atoms with E-state index >= 15 is 0 Å². The number of aryl methyl sites for hydroxylation is 1. The van der Waals surface area contributed by atoms with Crippen LogP contribution in [0.25, 0.3) is 10.6 Å². The Hall–Kier alpha value is -2.23. The van der Waals surface area contributed by atoms with Crippen molar-refractivity contribution in [2.45, 2.75) is 63.5 Å². The van der Waals surface area contributed by atoms with Crippen LogP contribution in [0.15, 0.2) is 30.3 Å². The van der Waals surface area contributed by atoms with Crippen molar-refractivity contribution in [1.29, 1.82) is 5.26 Å². The fraction of sp³-hybridized carbons (Fsp3) is 0.522. The molecule has 6 heteroatoms. The maximum atomic E-state index is 12.7. The Kier molecular flexibility index (Phi) is 5.98. The standard InChI is InChI=1S/C23H28N4OS/c1-17-20(26-22(29-17)18-8-3-2-4-9-18)14-23(11-5-6-12-23)25-16-21(28)27-13-7-10-19(27)15-24/h2-4,8-9,19,25H,5-7,10-14,16H2,1H3. The maximum Gasteiger partial charge on any atom is 0.237 e. The molecule has 29 heavy (non-hydrogen) atoms. The lowest BCUT2D eigenvalue weighted by molar-refractivity contribution is -0.130. The highest BCUT2D eigenvalue weighted by atomic mass is 32.1. The highest BCUT2D eigenvalue weighted by Crippen LogP contribution is 2.36. The monoisotopic (exact) mass is 408 g/mol. The SMILES string of the molecule is Cc1sc(-c2ccccc2)nc1CC1(NCC(=O)N2CCCC2C#N)CCCC1. The van der Waals surface area contributed by atoms with Crippen molar-refractivity contribution in [1.82, 2.24) is 15.2 Å². The van der Waals surface area contributed by atoms with Crippen LogP contribution in [0.2, 0.25) is 0 Å². The van der Waals surface area contributed by atoms with E-state index in [1.807, 2.05) is 18.2 Å². The highest BCUT2D eigenvalue weighted by Gasteiger charge is 2.37. The zero-order chi connectivity index (χ0) is 20.3. The van der Waals surface area contributed by atoms with Gasteiger partial charge in [0.2, 0.25) is 5.91 Å². The van der Waals surface area contributed by atoms with Gasteiger partial charge in [-0.2, -0.15) is 5.26 Å². The molecule has 0 radical (unpaired) electrons. The molecule has 1 atom stereocenters. The maximum absolute atomic E-state index is 12.7. The summed E-state index contributed by atoms with van der Waals surface area (Å²) in [4.78, 5) is 20.7. The average Bonchev–Trinajstić information content (AvgIpc) is 3.48. The van der Waals surface area contributed by atoms with E-state index in [0.717, 1.165) is 48.4 Å². The molecule has 1 aromatic heterocycles. The molecule has 1 aliphatic carbocycles. The summed E-state index contributed by atoms with van der Waals surface area (Å²) in [5.74, 6) is 0.0558. The van der Waals surface area contributed by atoms with E-state index in [-0.39, 0.29) is 17.5 Å². The van der Waals surface area contributed by atoms with Crippen LogP contribution in [0, 0.1) is 18.3 Å². The van der Waals surface area contributed by atoms with Crippen molar-refractivity contribution in [3.05, 3.63) is 40.9 Å². The quantitative estimate of drug-likeness (QED) is 0.782. The molecule has 4 rings (SSSR count). The van der Waals surface area contributed by atoms with Crippen molar-refractivity contribution in [3.8, 4) is 16.6 Å². The molecule has 2 aromatic rings. The van der Waals surface area contributed by atoms with Gasteiger partial charge in [0.05, 0.1) is 18.3 Å². The average molecular weight is 409 g/mol. The van der Waals surface area contributed by atoms with Gasteiger partial charge in [0.25, 0.3) is 0 Å². The van der Waals surface area contributed by atoms with E-state index in [1.54, 1.807) is 16.2 Å². The Morgan fingerprint density at radius 1 is 1.31 bits per heavy atom. The van der Waals surface area contributed by atoms with Gasteiger partial charge in [0.1, 0.15) is 11.0 Å². The topological polar surface area (TPSA) is 69.0 Å². The van der Waals surface area contributed by atoms with E-state index in [4.69, 9.17) is 4.98 Å². The zero-order valence-electron chi connectivity index (χ0n) is 17.0. The molecule has 1 saturated heterocycles. The summed E-state index contributed by atoms with van der Waals surface area (Å²) in [5, 5.41) is 13.9. The smallest absolute Gasteiger partial charge is 0.237 e. The number of nitrogens with one attached hydrogen (secondary N) is 1. The van der Waals surface area contributed by atoms with E-state index < -0.39 is 0 Å². The summed E-state index contributed by atoms with van der Waals surface area (Å²) in [6.45, 7) is 3.17. The second-order valence-corrected chi connectivity index (χ2v) is 9.48. The number of benzene rings is 1. The molecule has 152 valence electrons. The number of aromatic nitrogens is 1. The number of carbonyl (C=O) groups excluding carboxylic acids is 1. The van der Waals surface area contributed by atoms with E-state index in [2.05, 4.69) is 30.4 Å². The Balaban J connectivity index is 1.46. The molecular formula is C23H28N4OS. The normalized spacial score (nSPS) is 20.7. The molecule has 0 bridgehead atoms. The molecule has 0 spiro atoms. The minimum absolute atomic E-state index is 0.0558. The Labute approximate surface area is 176 Å². The molecule has 1 unspecified atom stereocenters. The first-order valence-corrected chi connectivity index (χ1v) is 11.4. The summed E-state index contributed by atoms with van der Waals surface area (Å²) in [5.41, 5.74) is 2.24. The van der Waals surface area contributed by atoms with Gasteiger partial charge in [-0.05, 0) is 32.6 Å². The first kappa shape index (κ1) is 20.1. The second-order valence-electron chi connectivity index (χ2n) is 8.28. The van der Waals surface area contributed by atoms with Crippen molar-refractivity contribution in [2.75, 3.05) is 13.1 Å². The van der Waals surface area contributed by atoms with Gasteiger partial charge in [-0.1, -0.05) is 43.2 Å². The fourth-order valence-electron chi connectivity index (χ4n) is 4.65. The number of hydrogen-bond donors (Lipinski definition) is 1. The molecule has 1 saturated carbocycles.